The lowest BCUT2D eigenvalue weighted by molar-refractivity contribution is 0.285. The molecule has 0 saturated carbocycles. The molecule has 0 aliphatic rings. The van der Waals surface area contributed by atoms with Crippen LogP contribution in [-0.4, -0.2) is 5.16 Å². The van der Waals surface area contributed by atoms with E-state index in [-0.39, 0.29) is 0 Å². The van der Waals surface area contributed by atoms with E-state index in [4.69, 9.17) is 9.26 Å². The van der Waals surface area contributed by atoms with Crippen LogP contribution in [0.1, 0.15) is 23.9 Å². The van der Waals surface area contributed by atoms with Crippen LogP contribution in [0.3, 0.4) is 0 Å². The molecule has 0 saturated heterocycles. The van der Waals surface area contributed by atoms with E-state index in [9.17, 15) is 0 Å². The van der Waals surface area contributed by atoms with Crippen molar-refractivity contribution < 1.29 is 9.26 Å². The van der Waals surface area contributed by atoms with E-state index < -0.39 is 0 Å². The average molecular weight is 217 g/mol. The molecular weight excluding hydrogens is 202 g/mol. The van der Waals surface area contributed by atoms with Crippen molar-refractivity contribution in [3.63, 3.8) is 0 Å². The smallest absolute Gasteiger partial charge is 0.134 e. The molecule has 84 valence electrons. The molecule has 0 atom stereocenters. The Morgan fingerprint density at radius 1 is 1.31 bits per heavy atom. The number of hydrogen-bond donors (Lipinski definition) is 0. The minimum absolute atomic E-state index is 0.453. The fourth-order valence-corrected chi connectivity index (χ4v) is 1.57. The van der Waals surface area contributed by atoms with Gasteiger partial charge in [0.15, 0.2) is 0 Å². The maximum Gasteiger partial charge on any atom is 0.134 e. The number of hydrogen-bond acceptors (Lipinski definition) is 3. The van der Waals surface area contributed by atoms with E-state index in [1.165, 1.54) is 5.56 Å². The Hall–Kier alpha value is -1.77. The lowest BCUT2D eigenvalue weighted by atomic mass is 10.1. The average Bonchev–Trinajstić information content (AvgIpc) is 2.73. The van der Waals surface area contributed by atoms with Gasteiger partial charge < -0.3 is 9.26 Å². The van der Waals surface area contributed by atoms with Crippen molar-refractivity contribution in [2.45, 2.75) is 26.9 Å². The van der Waals surface area contributed by atoms with E-state index in [2.05, 4.69) is 18.1 Å². The molecule has 0 aliphatic carbocycles. The molecule has 0 fully saturated rings. The second-order valence-corrected chi connectivity index (χ2v) is 3.68. The van der Waals surface area contributed by atoms with Crippen molar-refractivity contribution in [3.05, 3.63) is 47.3 Å². The maximum atomic E-state index is 5.70. The van der Waals surface area contributed by atoms with Gasteiger partial charge in [-0.25, -0.2) is 0 Å². The molecule has 2 aromatic rings. The topological polar surface area (TPSA) is 35.3 Å². The second-order valence-electron chi connectivity index (χ2n) is 3.68. The third-order valence-electron chi connectivity index (χ3n) is 2.41. The molecule has 0 N–H and O–H groups in total. The molecule has 1 aromatic carbocycles. The van der Waals surface area contributed by atoms with Crippen LogP contribution in [0.5, 0.6) is 5.75 Å². The van der Waals surface area contributed by atoms with Gasteiger partial charge in [0.2, 0.25) is 0 Å². The number of rotatable bonds is 4. The standard InChI is InChI=1S/C13H15NO2/c1-3-11-6-4-5-7-13(11)15-9-12-8-10(2)16-14-12/h4-8H,3,9H2,1-2H3. The molecule has 0 aliphatic heterocycles. The molecule has 1 heterocycles. The summed E-state index contributed by atoms with van der Waals surface area (Å²) in [6.07, 6.45) is 0.966. The Morgan fingerprint density at radius 2 is 2.12 bits per heavy atom. The first-order valence-electron chi connectivity index (χ1n) is 5.42. The molecule has 3 heteroatoms. The molecule has 0 amide bonds. The fourth-order valence-electron chi connectivity index (χ4n) is 1.57. The largest absolute Gasteiger partial charge is 0.487 e. The summed E-state index contributed by atoms with van der Waals surface area (Å²) in [5.41, 5.74) is 2.03. The molecule has 16 heavy (non-hydrogen) atoms. The first-order valence-corrected chi connectivity index (χ1v) is 5.42. The zero-order valence-corrected chi connectivity index (χ0v) is 9.56. The van der Waals surface area contributed by atoms with E-state index >= 15 is 0 Å². The van der Waals surface area contributed by atoms with Gasteiger partial charge in [0.1, 0.15) is 23.8 Å². The van der Waals surface area contributed by atoms with Crippen LogP contribution in [0.25, 0.3) is 0 Å². The van der Waals surface area contributed by atoms with Crippen LogP contribution in [-0.2, 0) is 13.0 Å². The van der Waals surface area contributed by atoms with Crippen molar-refractivity contribution in [2.24, 2.45) is 0 Å². The van der Waals surface area contributed by atoms with Crippen molar-refractivity contribution in [1.29, 1.82) is 0 Å². The predicted molar refractivity (Wildman–Crippen MR) is 61.4 cm³/mol. The fraction of sp³-hybridized carbons (Fsp3) is 0.308. The van der Waals surface area contributed by atoms with Gasteiger partial charge in [0, 0.05) is 6.07 Å². The van der Waals surface area contributed by atoms with Gasteiger partial charge in [-0.15, -0.1) is 0 Å². The third-order valence-corrected chi connectivity index (χ3v) is 2.41. The highest BCUT2D eigenvalue weighted by molar-refractivity contribution is 5.33. The quantitative estimate of drug-likeness (QED) is 0.789. The van der Waals surface area contributed by atoms with Gasteiger partial charge in [-0.1, -0.05) is 30.3 Å². The second kappa shape index (κ2) is 4.84. The molecule has 0 spiro atoms. The summed E-state index contributed by atoms with van der Waals surface area (Å²) in [6.45, 7) is 4.44. The monoisotopic (exact) mass is 217 g/mol. The van der Waals surface area contributed by atoms with Crippen LogP contribution < -0.4 is 4.74 Å². The van der Waals surface area contributed by atoms with Crippen LogP contribution in [0, 0.1) is 6.92 Å². The number of nitrogens with zero attached hydrogens (tertiary/aromatic N) is 1. The Labute approximate surface area is 95.0 Å². The molecule has 0 unspecified atom stereocenters. The van der Waals surface area contributed by atoms with Gasteiger partial charge in [0.05, 0.1) is 0 Å². The summed E-state index contributed by atoms with van der Waals surface area (Å²) in [7, 11) is 0. The lowest BCUT2D eigenvalue weighted by Gasteiger charge is -2.08. The summed E-state index contributed by atoms with van der Waals surface area (Å²) in [4.78, 5) is 0. The van der Waals surface area contributed by atoms with Crippen LogP contribution in [0.15, 0.2) is 34.9 Å². The summed E-state index contributed by atoms with van der Waals surface area (Å²) < 4.78 is 10.7. The van der Waals surface area contributed by atoms with Gasteiger partial charge >= 0.3 is 0 Å². The zero-order valence-electron chi connectivity index (χ0n) is 9.56. The predicted octanol–water partition coefficient (Wildman–Crippen LogP) is 3.12. The lowest BCUT2D eigenvalue weighted by Crippen LogP contribution is -1.98. The number of ether oxygens (including phenoxy) is 1. The van der Waals surface area contributed by atoms with Gasteiger partial charge in [0.25, 0.3) is 0 Å². The summed E-state index contributed by atoms with van der Waals surface area (Å²) in [5.74, 6) is 1.73. The maximum absolute atomic E-state index is 5.70. The number of aromatic nitrogens is 1. The summed E-state index contributed by atoms with van der Waals surface area (Å²) in [5, 5.41) is 3.89. The van der Waals surface area contributed by atoms with E-state index in [1.807, 2.05) is 31.2 Å². The molecule has 0 bridgehead atoms. The van der Waals surface area contributed by atoms with Gasteiger partial charge in [-0.3, -0.25) is 0 Å². The van der Waals surface area contributed by atoms with Crippen molar-refractivity contribution in [3.8, 4) is 5.75 Å². The molecular formula is C13H15NO2. The van der Waals surface area contributed by atoms with Crippen molar-refractivity contribution in [2.75, 3.05) is 0 Å². The Kier molecular flexibility index (Phi) is 3.25. The molecule has 2 rings (SSSR count). The van der Waals surface area contributed by atoms with E-state index in [0.29, 0.717) is 6.61 Å². The van der Waals surface area contributed by atoms with Gasteiger partial charge in [-0.2, -0.15) is 0 Å². The van der Waals surface area contributed by atoms with Crippen LogP contribution >= 0.6 is 0 Å². The zero-order chi connectivity index (χ0) is 11.4. The minimum atomic E-state index is 0.453. The van der Waals surface area contributed by atoms with Crippen LogP contribution in [0.4, 0.5) is 0 Å². The highest BCUT2D eigenvalue weighted by Gasteiger charge is 2.04. The summed E-state index contributed by atoms with van der Waals surface area (Å²) in [6, 6.07) is 9.93. The van der Waals surface area contributed by atoms with E-state index in [0.717, 1.165) is 23.6 Å². The number of benzene rings is 1. The molecule has 1 aromatic heterocycles. The van der Waals surface area contributed by atoms with Crippen molar-refractivity contribution >= 4 is 0 Å². The first kappa shape index (κ1) is 10.7. The van der Waals surface area contributed by atoms with Gasteiger partial charge in [-0.05, 0) is 25.0 Å². The number of para-hydroxylation sites is 1. The first-order chi connectivity index (χ1) is 7.79. The Balaban J connectivity index is 2.04. The normalized spacial score (nSPS) is 10.4. The highest BCUT2D eigenvalue weighted by Crippen LogP contribution is 2.19. The third kappa shape index (κ3) is 2.42. The number of aryl methyl sites for hydroxylation is 2. The summed E-state index contributed by atoms with van der Waals surface area (Å²) >= 11 is 0. The minimum Gasteiger partial charge on any atom is -0.487 e. The highest BCUT2D eigenvalue weighted by atomic mass is 16.5. The molecule has 0 radical (unpaired) electrons. The van der Waals surface area contributed by atoms with Crippen molar-refractivity contribution in [1.82, 2.24) is 5.16 Å². The van der Waals surface area contributed by atoms with E-state index in [1.54, 1.807) is 0 Å². The SMILES string of the molecule is CCc1ccccc1OCc1cc(C)on1. The Bertz CT molecular complexity index is 462. The van der Waals surface area contributed by atoms with Crippen LogP contribution in [0.2, 0.25) is 0 Å². The molecule has 3 nitrogen and oxygen atoms in total. The Morgan fingerprint density at radius 3 is 2.81 bits per heavy atom.